The molecule has 5 nitrogen and oxygen atoms in total. The van der Waals surface area contributed by atoms with E-state index in [0.717, 1.165) is 14.4 Å². The van der Waals surface area contributed by atoms with Gasteiger partial charge in [0.15, 0.2) is 0 Å². The highest BCUT2D eigenvalue weighted by Gasteiger charge is 1.98. The van der Waals surface area contributed by atoms with E-state index in [0.29, 0.717) is 0 Å². The van der Waals surface area contributed by atoms with Crippen LogP contribution in [0.25, 0.3) is 0 Å². The van der Waals surface area contributed by atoms with Crippen molar-refractivity contribution < 1.29 is 9.59 Å². The SMILES string of the molecule is Brc1ccc(Sc2cn[nH]n2)cc1.O=C=O. The van der Waals surface area contributed by atoms with E-state index < -0.39 is 0 Å². The van der Waals surface area contributed by atoms with Gasteiger partial charge in [-0.2, -0.15) is 19.9 Å². The Morgan fingerprint density at radius 2 is 1.88 bits per heavy atom. The maximum atomic E-state index is 8.12. The molecule has 0 amide bonds. The van der Waals surface area contributed by atoms with E-state index in [9.17, 15) is 0 Å². The number of rotatable bonds is 2. The molecule has 0 aliphatic rings. The van der Waals surface area contributed by atoms with Crippen molar-refractivity contribution >= 4 is 33.8 Å². The Balaban J connectivity index is 0.000000386. The van der Waals surface area contributed by atoms with Crippen molar-refractivity contribution in [2.45, 2.75) is 9.92 Å². The van der Waals surface area contributed by atoms with E-state index in [1.165, 1.54) is 0 Å². The highest BCUT2D eigenvalue weighted by molar-refractivity contribution is 9.10. The third kappa shape index (κ3) is 4.39. The van der Waals surface area contributed by atoms with Crippen molar-refractivity contribution in [2.24, 2.45) is 0 Å². The van der Waals surface area contributed by atoms with E-state index in [1.54, 1.807) is 18.0 Å². The van der Waals surface area contributed by atoms with E-state index in [-0.39, 0.29) is 6.15 Å². The zero-order valence-electron chi connectivity index (χ0n) is 7.88. The lowest BCUT2D eigenvalue weighted by atomic mass is 10.4. The lowest BCUT2D eigenvalue weighted by molar-refractivity contribution is -0.191. The van der Waals surface area contributed by atoms with Crippen molar-refractivity contribution in [3.05, 3.63) is 34.9 Å². The number of benzene rings is 1. The molecule has 16 heavy (non-hydrogen) atoms. The van der Waals surface area contributed by atoms with E-state index in [1.807, 2.05) is 24.3 Å². The average molecular weight is 300 g/mol. The van der Waals surface area contributed by atoms with Crippen molar-refractivity contribution in [1.82, 2.24) is 15.4 Å². The largest absolute Gasteiger partial charge is 0.373 e. The molecule has 0 radical (unpaired) electrons. The molecule has 0 fully saturated rings. The third-order valence-electron chi connectivity index (χ3n) is 1.43. The van der Waals surface area contributed by atoms with Gasteiger partial charge in [-0.3, -0.25) is 0 Å². The Labute approximate surface area is 104 Å². The number of halogens is 1. The van der Waals surface area contributed by atoms with Gasteiger partial charge in [-0.05, 0) is 24.3 Å². The molecular weight excluding hydrogens is 294 g/mol. The van der Waals surface area contributed by atoms with Crippen molar-refractivity contribution in [1.29, 1.82) is 0 Å². The van der Waals surface area contributed by atoms with Crippen LogP contribution in [-0.2, 0) is 9.59 Å². The lowest BCUT2D eigenvalue weighted by Gasteiger charge is -1.96. The maximum Gasteiger partial charge on any atom is 0.373 e. The monoisotopic (exact) mass is 299 g/mol. The summed E-state index contributed by atoms with van der Waals surface area (Å²) in [5, 5.41) is 11.1. The highest BCUT2D eigenvalue weighted by Crippen LogP contribution is 2.25. The minimum atomic E-state index is 0.250. The maximum absolute atomic E-state index is 8.12. The van der Waals surface area contributed by atoms with Crippen LogP contribution in [0.2, 0.25) is 0 Å². The molecule has 2 rings (SSSR count). The fraction of sp³-hybridized carbons (Fsp3) is 0. The van der Waals surface area contributed by atoms with Crippen LogP contribution in [0.5, 0.6) is 0 Å². The van der Waals surface area contributed by atoms with Crippen LogP contribution in [0.15, 0.2) is 44.9 Å². The van der Waals surface area contributed by atoms with Gasteiger partial charge in [0.05, 0.1) is 6.20 Å². The van der Waals surface area contributed by atoms with Gasteiger partial charge in [0.25, 0.3) is 0 Å². The zero-order valence-corrected chi connectivity index (χ0v) is 10.3. The molecule has 1 aromatic carbocycles. The molecule has 0 atom stereocenters. The molecule has 2 aromatic rings. The molecule has 82 valence electrons. The standard InChI is InChI=1S/C8H6BrN3S.CO2/c9-6-1-3-7(4-2-6)13-8-5-10-12-11-8;2-1-3/h1-5H,(H,10,11,12);. The first-order chi connectivity index (χ1) is 7.76. The second kappa shape index (κ2) is 6.95. The van der Waals surface area contributed by atoms with E-state index >= 15 is 0 Å². The van der Waals surface area contributed by atoms with Crippen LogP contribution >= 0.6 is 27.7 Å². The second-order valence-electron chi connectivity index (χ2n) is 2.45. The van der Waals surface area contributed by atoms with E-state index in [4.69, 9.17) is 9.59 Å². The van der Waals surface area contributed by atoms with Gasteiger partial charge >= 0.3 is 6.15 Å². The van der Waals surface area contributed by atoms with Crippen LogP contribution in [0.4, 0.5) is 0 Å². The summed E-state index contributed by atoms with van der Waals surface area (Å²) in [5.41, 5.74) is 0. The number of nitrogens with zero attached hydrogens (tertiary/aromatic N) is 2. The van der Waals surface area contributed by atoms with Gasteiger partial charge in [-0.1, -0.05) is 27.7 Å². The van der Waals surface area contributed by atoms with Gasteiger partial charge in [0.2, 0.25) is 0 Å². The Hall–Kier alpha value is -1.43. The third-order valence-corrected chi connectivity index (χ3v) is 2.87. The summed E-state index contributed by atoms with van der Waals surface area (Å²) in [7, 11) is 0. The molecule has 0 aliphatic heterocycles. The summed E-state index contributed by atoms with van der Waals surface area (Å²) in [6.45, 7) is 0. The molecule has 0 spiro atoms. The predicted octanol–water partition coefficient (Wildman–Crippen LogP) is 2.13. The number of hydrogen-bond donors (Lipinski definition) is 1. The number of nitrogens with one attached hydrogen (secondary N) is 1. The molecule has 1 N–H and O–H groups in total. The normalized spacial score (nSPS) is 8.81. The summed E-state index contributed by atoms with van der Waals surface area (Å²) in [5.74, 6) is 0. The fourth-order valence-corrected chi connectivity index (χ4v) is 1.83. The average Bonchev–Trinajstić information content (AvgIpc) is 2.75. The first-order valence-electron chi connectivity index (χ1n) is 4.04. The highest BCUT2D eigenvalue weighted by atomic mass is 79.9. The minimum Gasteiger partial charge on any atom is -0.197 e. The fourth-order valence-electron chi connectivity index (χ4n) is 0.864. The van der Waals surface area contributed by atoms with Gasteiger partial charge in [0.1, 0.15) is 5.03 Å². The number of hydrogen-bond acceptors (Lipinski definition) is 5. The summed E-state index contributed by atoms with van der Waals surface area (Å²) in [6, 6.07) is 8.07. The van der Waals surface area contributed by atoms with Crippen LogP contribution in [-0.4, -0.2) is 21.6 Å². The Bertz CT molecular complexity index is 452. The molecule has 0 bridgehead atoms. The second-order valence-corrected chi connectivity index (χ2v) is 4.46. The van der Waals surface area contributed by atoms with Crippen molar-refractivity contribution in [2.75, 3.05) is 0 Å². The Morgan fingerprint density at radius 3 is 2.38 bits per heavy atom. The topological polar surface area (TPSA) is 75.7 Å². The lowest BCUT2D eigenvalue weighted by Crippen LogP contribution is -1.73. The van der Waals surface area contributed by atoms with Gasteiger partial charge in [-0.25, -0.2) is 0 Å². The molecule has 0 saturated heterocycles. The number of aromatic amines is 1. The smallest absolute Gasteiger partial charge is 0.197 e. The summed E-state index contributed by atoms with van der Waals surface area (Å²) < 4.78 is 1.08. The number of carbonyl (C=O) groups excluding carboxylic acids is 2. The number of H-pyrrole nitrogens is 1. The first-order valence-corrected chi connectivity index (χ1v) is 5.65. The Morgan fingerprint density at radius 1 is 1.25 bits per heavy atom. The van der Waals surface area contributed by atoms with Crippen LogP contribution in [0.3, 0.4) is 0 Å². The van der Waals surface area contributed by atoms with Gasteiger partial charge < -0.3 is 0 Å². The van der Waals surface area contributed by atoms with Crippen molar-refractivity contribution in [3.8, 4) is 0 Å². The quantitative estimate of drug-likeness (QED) is 0.919. The zero-order chi connectivity index (χ0) is 11.8. The molecule has 7 heteroatoms. The summed E-state index contributed by atoms with van der Waals surface area (Å²) >= 11 is 4.96. The summed E-state index contributed by atoms with van der Waals surface area (Å²) in [6.07, 6.45) is 1.95. The predicted molar refractivity (Wildman–Crippen MR) is 59.7 cm³/mol. The summed E-state index contributed by atoms with van der Waals surface area (Å²) in [4.78, 5) is 17.4. The van der Waals surface area contributed by atoms with Gasteiger partial charge in [0, 0.05) is 9.37 Å². The number of aromatic nitrogens is 3. The van der Waals surface area contributed by atoms with Crippen LogP contribution < -0.4 is 0 Å². The van der Waals surface area contributed by atoms with Crippen LogP contribution in [0.1, 0.15) is 0 Å². The molecule has 0 saturated carbocycles. The van der Waals surface area contributed by atoms with Crippen LogP contribution in [0, 0.1) is 0 Å². The molecular formula is C9H6BrN3O2S. The van der Waals surface area contributed by atoms with E-state index in [2.05, 4.69) is 31.3 Å². The molecule has 0 unspecified atom stereocenters. The molecule has 1 aromatic heterocycles. The first kappa shape index (κ1) is 12.6. The van der Waals surface area contributed by atoms with Gasteiger partial charge in [-0.15, -0.1) is 5.10 Å². The van der Waals surface area contributed by atoms with Crippen molar-refractivity contribution in [3.63, 3.8) is 0 Å². The molecule has 1 heterocycles. The Kier molecular flexibility index (Phi) is 5.49. The molecule has 0 aliphatic carbocycles. The minimum absolute atomic E-state index is 0.250.